The standard InChI is InChI=1S/C20H31N3/c21-13-3-4-14-22-15-5-6-16-23-17-12-19-10-7-9-18-8-1-2-11-20(18)19/h1-2,7-11,22-23H,3-6,12-17,21H2. The molecule has 0 aromatic heterocycles. The first-order valence-corrected chi connectivity index (χ1v) is 9.00. The molecular weight excluding hydrogens is 282 g/mol. The summed E-state index contributed by atoms with van der Waals surface area (Å²) in [5, 5.41) is 9.77. The lowest BCUT2D eigenvalue weighted by Crippen LogP contribution is -2.21. The maximum atomic E-state index is 5.47. The lowest BCUT2D eigenvalue weighted by Gasteiger charge is -2.08. The SMILES string of the molecule is NCCCCNCCCCNCCc1cccc2ccccc12. The van der Waals surface area contributed by atoms with Gasteiger partial charge >= 0.3 is 0 Å². The topological polar surface area (TPSA) is 50.1 Å². The Bertz CT molecular complexity index is 548. The van der Waals surface area contributed by atoms with Crippen molar-refractivity contribution < 1.29 is 0 Å². The quantitative estimate of drug-likeness (QED) is 0.528. The minimum absolute atomic E-state index is 0.808. The van der Waals surface area contributed by atoms with Crippen LogP contribution in [0.5, 0.6) is 0 Å². The number of hydrogen-bond donors (Lipinski definition) is 3. The van der Waals surface area contributed by atoms with Crippen molar-refractivity contribution in [3.05, 3.63) is 48.0 Å². The van der Waals surface area contributed by atoms with Gasteiger partial charge in [0.05, 0.1) is 0 Å². The van der Waals surface area contributed by atoms with E-state index in [1.54, 1.807) is 0 Å². The molecule has 3 nitrogen and oxygen atoms in total. The highest BCUT2D eigenvalue weighted by atomic mass is 14.9. The summed E-state index contributed by atoms with van der Waals surface area (Å²) in [6, 6.07) is 15.2. The summed E-state index contributed by atoms with van der Waals surface area (Å²) in [5.74, 6) is 0. The molecule has 4 N–H and O–H groups in total. The van der Waals surface area contributed by atoms with Crippen molar-refractivity contribution in [1.29, 1.82) is 0 Å². The van der Waals surface area contributed by atoms with Gasteiger partial charge in [0.25, 0.3) is 0 Å². The van der Waals surface area contributed by atoms with Crippen LogP contribution in [0.4, 0.5) is 0 Å². The summed E-state index contributed by atoms with van der Waals surface area (Å²) in [6.45, 7) is 5.19. The molecule has 2 aromatic carbocycles. The zero-order valence-electron chi connectivity index (χ0n) is 14.2. The Morgan fingerprint density at radius 3 is 2.13 bits per heavy atom. The van der Waals surface area contributed by atoms with Crippen LogP contribution in [0.2, 0.25) is 0 Å². The van der Waals surface area contributed by atoms with Gasteiger partial charge < -0.3 is 16.4 Å². The van der Waals surface area contributed by atoms with Gasteiger partial charge in [-0.15, -0.1) is 0 Å². The second-order valence-electron chi connectivity index (χ2n) is 6.09. The molecule has 0 spiro atoms. The lowest BCUT2D eigenvalue weighted by atomic mass is 10.0. The number of rotatable bonds is 12. The number of hydrogen-bond acceptors (Lipinski definition) is 3. The van der Waals surface area contributed by atoms with E-state index in [1.165, 1.54) is 35.6 Å². The van der Waals surface area contributed by atoms with Crippen LogP contribution in [0.3, 0.4) is 0 Å². The Kier molecular flexibility index (Phi) is 8.70. The van der Waals surface area contributed by atoms with Crippen LogP contribution in [-0.2, 0) is 6.42 Å². The maximum absolute atomic E-state index is 5.47. The van der Waals surface area contributed by atoms with Gasteiger partial charge in [0.15, 0.2) is 0 Å². The van der Waals surface area contributed by atoms with E-state index in [0.29, 0.717) is 0 Å². The molecule has 0 heterocycles. The first kappa shape index (κ1) is 17.9. The van der Waals surface area contributed by atoms with E-state index in [0.717, 1.165) is 45.6 Å². The smallest absolute Gasteiger partial charge is 0.000813 e. The second-order valence-corrected chi connectivity index (χ2v) is 6.09. The number of fused-ring (bicyclic) bond motifs is 1. The fraction of sp³-hybridized carbons (Fsp3) is 0.500. The zero-order valence-corrected chi connectivity index (χ0v) is 14.2. The first-order chi connectivity index (χ1) is 11.4. The molecule has 0 atom stereocenters. The van der Waals surface area contributed by atoms with Crippen molar-refractivity contribution in [2.24, 2.45) is 5.73 Å². The van der Waals surface area contributed by atoms with E-state index in [9.17, 15) is 0 Å². The Morgan fingerprint density at radius 2 is 1.35 bits per heavy atom. The summed E-state index contributed by atoms with van der Waals surface area (Å²) >= 11 is 0. The van der Waals surface area contributed by atoms with Gasteiger partial charge in [0.2, 0.25) is 0 Å². The molecule has 0 saturated heterocycles. The van der Waals surface area contributed by atoms with Crippen LogP contribution in [-0.4, -0.2) is 32.7 Å². The summed E-state index contributed by atoms with van der Waals surface area (Å²) in [4.78, 5) is 0. The predicted octanol–water partition coefficient (Wildman–Crippen LogP) is 3.08. The highest BCUT2D eigenvalue weighted by Gasteiger charge is 1.99. The average Bonchev–Trinajstić information content (AvgIpc) is 2.60. The molecule has 3 heteroatoms. The first-order valence-electron chi connectivity index (χ1n) is 9.00. The number of nitrogens with two attached hydrogens (primary N) is 1. The second kappa shape index (κ2) is 11.2. The fourth-order valence-electron chi connectivity index (χ4n) is 2.88. The fourth-order valence-corrected chi connectivity index (χ4v) is 2.88. The molecule has 0 fully saturated rings. The van der Waals surface area contributed by atoms with Crippen molar-refractivity contribution in [3.8, 4) is 0 Å². The highest BCUT2D eigenvalue weighted by Crippen LogP contribution is 2.18. The Balaban J connectivity index is 1.54. The number of nitrogens with one attached hydrogen (secondary N) is 2. The number of unbranched alkanes of at least 4 members (excludes halogenated alkanes) is 2. The molecule has 0 unspecified atom stereocenters. The van der Waals surface area contributed by atoms with Crippen molar-refractivity contribution in [3.63, 3.8) is 0 Å². The van der Waals surface area contributed by atoms with Crippen molar-refractivity contribution >= 4 is 10.8 Å². The van der Waals surface area contributed by atoms with Gasteiger partial charge in [0, 0.05) is 0 Å². The van der Waals surface area contributed by atoms with E-state index < -0.39 is 0 Å². The normalized spacial score (nSPS) is 11.2. The maximum Gasteiger partial charge on any atom is -0.000813 e. The van der Waals surface area contributed by atoms with Crippen LogP contribution in [0.1, 0.15) is 31.2 Å². The van der Waals surface area contributed by atoms with E-state index >= 15 is 0 Å². The Labute approximate surface area is 140 Å². The van der Waals surface area contributed by atoms with E-state index in [2.05, 4.69) is 53.1 Å². The van der Waals surface area contributed by atoms with Crippen LogP contribution in [0.25, 0.3) is 10.8 Å². The highest BCUT2D eigenvalue weighted by molar-refractivity contribution is 5.85. The van der Waals surface area contributed by atoms with Gasteiger partial charge in [-0.3, -0.25) is 0 Å². The molecule has 23 heavy (non-hydrogen) atoms. The predicted molar refractivity (Wildman–Crippen MR) is 101 cm³/mol. The third kappa shape index (κ3) is 6.69. The summed E-state index contributed by atoms with van der Waals surface area (Å²) in [6.07, 6.45) is 5.89. The monoisotopic (exact) mass is 313 g/mol. The summed E-state index contributed by atoms with van der Waals surface area (Å²) in [7, 11) is 0. The minimum atomic E-state index is 0.808. The lowest BCUT2D eigenvalue weighted by molar-refractivity contribution is 0.569. The molecule has 2 aromatic rings. The van der Waals surface area contributed by atoms with E-state index in [4.69, 9.17) is 5.73 Å². The molecule has 0 aliphatic rings. The minimum Gasteiger partial charge on any atom is -0.330 e. The third-order valence-electron chi connectivity index (χ3n) is 4.22. The van der Waals surface area contributed by atoms with Crippen LogP contribution in [0.15, 0.2) is 42.5 Å². The van der Waals surface area contributed by atoms with Gasteiger partial charge in [-0.25, -0.2) is 0 Å². The molecule has 0 radical (unpaired) electrons. The molecule has 2 rings (SSSR count). The Hall–Kier alpha value is -1.42. The van der Waals surface area contributed by atoms with Gasteiger partial charge in [-0.1, -0.05) is 42.5 Å². The summed E-state index contributed by atoms with van der Waals surface area (Å²) < 4.78 is 0. The zero-order chi connectivity index (χ0) is 16.2. The molecule has 0 aliphatic heterocycles. The number of benzene rings is 2. The van der Waals surface area contributed by atoms with Gasteiger partial charge in [-0.05, 0) is 81.2 Å². The van der Waals surface area contributed by atoms with Crippen LogP contribution >= 0.6 is 0 Å². The third-order valence-corrected chi connectivity index (χ3v) is 4.22. The van der Waals surface area contributed by atoms with Crippen LogP contribution < -0.4 is 16.4 Å². The van der Waals surface area contributed by atoms with Crippen molar-refractivity contribution in [1.82, 2.24) is 10.6 Å². The Morgan fingerprint density at radius 1 is 0.696 bits per heavy atom. The molecular formula is C20H31N3. The average molecular weight is 313 g/mol. The van der Waals surface area contributed by atoms with Gasteiger partial charge in [-0.2, -0.15) is 0 Å². The van der Waals surface area contributed by atoms with E-state index in [-0.39, 0.29) is 0 Å². The molecule has 0 bridgehead atoms. The molecule has 0 saturated carbocycles. The summed E-state index contributed by atoms with van der Waals surface area (Å²) in [5.41, 5.74) is 6.92. The molecule has 0 amide bonds. The van der Waals surface area contributed by atoms with Crippen molar-refractivity contribution in [2.45, 2.75) is 32.1 Å². The molecule has 126 valence electrons. The molecule has 0 aliphatic carbocycles. The van der Waals surface area contributed by atoms with Crippen LogP contribution in [0, 0.1) is 0 Å². The largest absolute Gasteiger partial charge is 0.330 e. The van der Waals surface area contributed by atoms with Crippen molar-refractivity contribution in [2.75, 3.05) is 32.7 Å². The van der Waals surface area contributed by atoms with E-state index in [1.807, 2.05) is 0 Å². The van der Waals surface area contributed by atoms with Gasteiger partial charge in [0.1, 0.15) is 0 Å².